The molecule has 0 bridgehead atoms. The molecule has 0 aromatic heterocycles. The summed E-state index contributed by atoms with van der Waals surface area (Å²) in [6, 6.07) is 26.3. The van der Waals surface area contributed by atoms with E-state index in [1.807, 2.05) is 66.7 Å². The first kappa shape index (κ1) is 19.0. The van der Waals surface area contributed by atoms with Crippen LogP contribution in [0.3, 0.4) is 0 Å². The van der Waals surface area contributed by atoms with Crippen LogP contribution in [0.4, 0.5) is 0 Å². The van der Waals surface area contributed by atoms with Crippen LogP contribution >= 0.6 is 0 Å². The predicted octanol–water partition coefficient (Wildman–Crippen LogP) is 4.93. The van der Waals surface area contributed by atoms with Crippen molar-refractivity contribution in [3.63, 3.8) is 0 Å². The van der Waals surface area contributed by atoms with Gasteiger partial charge < -0.3 is 4.74 Å². The second kappa shape index (κ2) is 10.6. The van der Waals surface area contributed by atoms with Crippen LogP contribution in [0.2, 0.25) is 0 Å². The third-order valence-corrected chi connectivity index (χ3v) is 3.19. The molecule has 3 rings (SSSR count). The van der Waals surface area contributed by atoms with Gasteiger partial charge in [0, 0.05) is 6.42 Å². The van der Waals surface area contributed by atoms with E-state index in [0.29, 0.717) is 13.0 Å². The molecule has 0 atom stereocenters. The molecule has 3 heteroatoms. The van der Waals surface area contributed by atoms with Gasteiger partial charge in [-0.3, -0.25) is 4.79 Å². The maximum Gasteiger partial charge on any atom is 2.00 e. The van der Waals surface area contributed by atoms with E-state index < -0.39 is 0 Å². The average Bonchev–Trinajstić information content (AvgIpc) is 3.28. The van der Waals surface area contributed by atoms with Gasteiger partial charge >= 0.3 is 23.0 Å². The van der Waals surface area contributed by atoms with Crippen LogP contribution in [0, 0.1) is 0 Å². The predicted molar refractivity (Wildman–Crippen MR) is 89.6 cm³/mol. The molecule has 0 amide bonds. The van der Waals surface area contributed by atoms with Crippen LogP contribution in [0.5, 0.6) is 0 Å². The molecule has 2 nitrogen and oxygen atoms in total. The van der Waals surface area contributed by atoms with Crippen molar-refractivity contribution in [2.24, 2.45) is 0 Å². The maximum absolute atomic E-state index is 11.0. The van der Waals surface area contributed by atoms with Crippen molar-refractivity contribution in [1.82, 2.24) is 0 Å². The zero-order valence-electron chi connectivity index (χ0n) is 13.1. The van der Waals surface area contributed by atoms with Crippen molar-refractivity contribution in [2.75, 3.05) is 0 Å². The van der Waals surface area contributed by atoms with Gasteiger partial charge in [-0.25, -0.2) is 12.1 Å². The second-order valence-electron chi connectivity index (χ2n) is 4.85. The van der Waals surface area contributed by atoms with Gasteiger partial charge in [-0.05, 0) is 5.56 Å². The fraction of sp³-hybridized carbons (Fsp3) is 0.150. The van der Waals surface area contributed by atoms with Gasteiger partial charge in [0.25, 0.3) is 0 Å². The molecule has 0 aliphatic rings. The SMILES string of the molecule is CCC(=O)OCc1ccc(-[c-]2cccc2)cc1.[Fe+2].c1cc[cH-]c1. The van der Waals surface area contributed by atoms with Crippen LogP contribution in [-0.2, 0) is 33.2 Å². The Hall–Kier alpha value is -2.09. The molecule has 0 fully saturated rings. The van der Waals surface area contributed by atoms with E-state index in [0.717, 1.165) is 5.56 Å². The first-order valence-electron chi connectivity index (χ1n) is 7.43. The van der Waals surface area contributed by atoms with Crippen molar-refractivity contribution >= 4 is 5.97 Å². The molecular weight excluding hydrogens is 328 g/mol. The fourth-order valence-corrected chi connectivity index (χ4v) is 1.95. The second-order valence-corrected chi connectivity index (χ2v) is 4.85. The Labute approximate surface area is 148 Å². The Morgan fingerprint density at radius 3 is 2.13 bits per heavy atom. The van der Waals surface area contributed by atoms with Gasteiger partial charge in [-0.2, -0.15) is 30.3 Å². The minimum absolute atomic E-state index is 0. The summed E-state index contributed by atoms with van der Waals surface area (Å²) in [5, 5.41) is 0. The Kier molecular flexibility index (Phi) is 8.74. The van der Waals surface area contributed by atoms with Crippen molar-refractivity contribution in [1.29, 1.82) is 0 Å². The third-order valence-electron chi connectivity index (χ3n) is 3.19. The van der Waals surface area contributed by atoms with E-state index in [4.69, 9.17) is 4.74 Å². The molecule has 0 heterocycles. The zero-order valence-corrected chi connectivity index (χ0v) is 14.2. The van der Waals surface area contributed by atoms with Gasteiger partial charge in [-0.15, -0.1) is 29.8 Å². The van der Waals surface area contributed by atoms with Crippen LogP contribution in [0.15, 0.2) is 78.9 Å². The van der Waals surface area contributed by atoms with Crippen LogP contribution in [0.25, 0.3) is 11.1 Å². The van der Waals surface area contributed by atoms with E-state index in [1.54, 1.807) is 6.92 Å². The van der Waals surface area contributed by atoms with E-state index in [2.05, 4.69) is 12.1 Å². The topological polar surface area (TPSA) is 26.3 Å². The quantitative estimate of drug-likeness (QED) is 0.380. The molecule has 0 aliphatic heterocycles. The minimum atomic E-state index is -0.162. The zero-order chi connectivity index (χ0) is 15.6. The standard InChI is InChI=1S/C15H15O2.C5H5.Fe/c1-2-15(16)17-11-12-7-9-14(10-8-12)13-5-3-4-6-13;1-2-4-5-3-1;/h3-10H,2,11H2,1H3;1-5H;/q2*-1;+2. The Morgan fingerprint density at radius 2 is 1.65 bits per heavy atom. The van der Waals surface area contributed by atoms with Gasteiger partial charge in [0.2, 0.25) is 0 Å². The molecule has 120 valence electrons. The number of esters is 1. The molecule has 0 N–H and O–H groups in total. The van der Waals surface area contributed by atoms with Gasteiger partial charge in [0.05, 0.1) is 0 Å². The van der Waals surface area contributed by atoms with Crippen LogP contribution < -0.4 is 0 Å². The summed E-state index contributed by atoms with van der Waals surface area (Å²) in [4.78, 5) is 11.0. The number of hydrogen-bond donors (Lipinski definition) is 0. The van der Waals surface area contributed by atoms with Gasteiger partial charge in [-0.1, -0.05) is 24.6 Å². The Balaban J connectivity index is 0.000000377. The summed E-state index contributed by atoms with van der Waals surface area (Å²) in [6.45, 7) is 2.15. The van der Waals surface area contributed by atoms with Gasteiger partial charge in [0.15, 0.2) is 0 Å². The summed E-state index contributed by atoms with van der Waals surface area (Å²) < 4.78 is 5.07. The number of rotatable bonds is 4. The number of carbonyl (C=O) groups is 1. The molecule has 0 spiro atoms. The Bertz CT molecular complexity index is 620. The third kappa shape index (κ3) is 6.68. The summed E-state index contributed by atoms with van der Waals surface area (Å²) in [5.41, 5.74) is 3.41. The van der Waals surface area contributed by atoms with Gasteiger partial charge in [0.1, 0.15) is 6.61 Å². The van der Waals surface area contributed by atoms with E-state index in [-0.39, 0.29) is 23.0 Å². The first-order valence-corrected chi connectivity index (χ1v) is 7.43. The summed E-state index contributed by atoms with van der Waals surface area (Å²) in [5.74, 6) is -0.162. The molecule has 3 aromatic carbocycles. The number of ether oxygens (including phenoxy) is 1. The van der Waals surface area contributed by atoms with E-state index >= 15 is 0 Å². The molecular formula is C20H20FeO2. The molecule has 0 unspecified atom stereocenters. The smallest absolute Gasteiger partial charge is 0.461 e. The normalized spacial score (nSPS) is 9.26. The largest absolute Gasteiger partial charge is 2.00 e. The summed E-state index contributed by atoms with van der Waals surface area (Å²) in [6.07, 6.45) is 0.422. The van der Waals surface area contributed by atoms with Crippen molar-refractivity contribution in [2.45, 2.75) is 20.0 Å². The molecule has 0 radical (unpaired) electrons. The number of hydrogen-bond acceptors (Lipinski definition) is 2. The number of carbonyl (C=O) groups excluding carboxylic acids is 1. The summed E-state index contributed by atoms with van der Waals surface area (Å²) in [7, 11) is 0. The Morgan fingerprint density at radius 1 is 1.04 bits per heavy atom. The molecule has 0 aliphatic carbocycles. The maximum atomic E-state index is 11.0. The van der Waals surface area contributed by atoms with E-state index in [1.165, 1.54) is 11.1 Å². The first-order chi connectivity index (χ1) is 10.8. The monoisotopic (exact) mass is 348 g/mol. The molecule has 23 heavy (non-hydrogen) atoms. The average molecular weight is 348 g/mol. The molecule has 0 saturated carbocycles. The molecule has 0 saturated heterocycles. The van der Waals surface area contributed by atoms with Crippen molar-refractivity contribution in [3.8, 4) is 11.1 Å². The van der Waals surface area contributed by atoms with Crippen molar-refractivity contribution < 1.29 is 26.6 Å². The summed E-state index contributed by atoms with van der Waals surface area (Å²) >= 11 is 0. The molecule has 3 aromatic rings. The van der Waals surface area contributed by atoms with Crippen LogP contribution in [-0.4, -0.2) is 5.97 Å². The fourth-order valence-electron chi connectivity index (χ4n) is 1.95. The number of benzene rings is 1. The van der Waals surface area contributed by atoms with Crippen LogP contribution in [0.1, 0.15) is 18.9 Å². The van der Waals surface area contributed by atoms with Crippen molar-refractivity contribution in [3.05, 3.63) is 84.4 Å². The minimum Gasteiger partial charge on any atom is -0.461 e. The van der Waals surface area contributed by atoms with E-state index in [9.17, 15) is 4.79 Å².